The van der Waals surface area contributed by atoms with Crippen molar-refractivity contribution in [3.8, 4) is 0 Å². The number of anilines is 1. The van der Waals surface area contributed by atoms with E-state index in [-0.39, 0.29) is 29.5 Å². The minimum absolute atomic E-state index is 0.0937. The van der Waals surface area contributed by atoms with Gasteiger partial charge in [0, 0.05) is 18.8 Å². The first-order valence-electron chi connectivity index (χ1n) is 11.0. The highest BCUT2D eigenvalue weighted by Crippen LogP contribution is 2.25. The smallest absolute Gasteiger partial charge is 0.404 e. The molecule has 0 spiro atoms. The van der Waals surface area contributed by atoms with E-state index in [4.69, 9.17) is 10.2 Å². The predicted octanol–water partition coefficient (Wildman–Crippen LogP) is 2.24. The average molecular weight is 512 g/mol. The molecule has 0 fully saturated rings. The fourth-order valence-corrected chi connectivity index (χ4v) is 5.24. The third-order valence-electron chi connectivity index (χ3n) is 5.54. The van der Waals surface area contributed by atoms with Crippen molar-refractivity contribution in [1.82, 2.24) is 19.6 Å². The van der Waals surface area contributed by atoms with Crippen molar-refractivity contribution in [2.24, 2.45) is 0 Å². The number of nitrogens with zero attached hydrogens (tertiary/aromatic N) is 3. The zero-order chi connectivity index (χ0) is 25.7. The van der Waals surface area contributed by atoms with E-state index < -0.39 is 34.8 Å². The zero-order valence-electron chi connectivity index (χ0n) is 19.1. The number of aliphatic hydroxyl groups is 1. The summed E-state index contributed by atoms with van der Waals surface area (Å²) < 4.78 is 33.7. The number of rotatable bonds is 10. The fraction of sp³-hybridized carbons (Fsp3) is 0.208. The number of nitrogens with one attached hydrogen (secondary N) is 1. The van der Waals surface area contributed by atoms with Crippen LogP contribution in [0.15, 0.2) is 82.2 Å². The molecule has 0 radical (unpaired) electrons. The lowest BCUT2D eigenvalue weighted by Crippen LogP contribution is -2.50. The van der Waals surface area contributed by atoms with E-state index in [9.17, 15) is 23.4 Å². The van der Waals surface area contributed by atoms with Gasteiger partial charge in [-0.3, -0.25) is 4.98 Å². The first-order chi connectivity index (χ1) is 17.2. The summed E-state index contributed by atoms with van der Waals surface area (Å²) in [5, 5.41) is 22.7. The number of benzene rings is 2. The number of oxazole rings is 1. The van der Waals surface area contributed by atoms with Crippen LogP contribution in [0.25, 0.3) is 11.1 Å². The average Bonchev–Trinajstić information content (AvgIpc) is 3.23. The Labute approximate surface area is 207 Å². The molecule has 36 heavy (non-hydrogen) atoms. The molecule has 2 aromatic carbocycles. The van der Waals surface area contributed by atoms with Gasteiger partial charge in [-0.15, -0.1) is 0 Å². The topological polar surface area (TPSA) is 172 Å². The Morgan fingerprint density at radius 1 is 1.11 bits per heavy atom. The van der Waals surface area contributed by atoms with E-state index >= 15 is 0 Å². The van der Waals surface area contributed by atoms with Gasteiger partial charge in [0.1, 0.15) is 5.52 Å². The summed E-state index contributed by atoms with van der Waals surface area (Å²) in [5.41, 5.74) is 7.40. The maximum absolute atomic E-state index is 13.7. The molecule has 0 aliphatic carbocycles. The molecule has 0 aliphatic heterocycles. The number of pyridine rings is 1. The van der Waals surface area contributed by atoms with E-state index in [1.807, 2.05) is 6.07 Å². The van der Waals surface area contributed by atoms with Crippen LogP contribution in [0.5, 0.6) is 0 Å². The number of sulfonamides is 1. The highest BCUT2D eigenvalue weighted by molar-refractivity contribution is 7.89. The van der Waals surface area contributed by atoms with E-state index in [0.29, 0.717) is 11.2 Å². The lowest BCUT2D eigenvalue weighted by atomic mass is 10.0. The second-order valence-electron chi connectivity index (χ2n) is 8.11. The van der Waals surface area contributed by atoms with Gasteiger partial charge in [0.2, 0.25) is 10.0 Å². The predicted molar refractivity (Wildman–Crippen MR) is 131 cm³/mol. The molecular weight excluding hydrogens is 486 g/mol. The van der Waals surface area contributed by atoms with Crippen molar-refractivity contribution in [2.75, 3.05) is 12.3 Å². The molecule has 2 heterocycles. The summed E-state index contributed by atoms with van der Waals surface area (Å²) >= 11 is 0. The third kappa shape index (κ3) is 5.97. The van der Waals surface area contributed by atoms with Gasteiger partial charge in [-0.05, 0) is 36.2 Å². The van der Waals surface area contributed by atoms with Gasteiger partial charge in [0.15, 0.2) is 5.58 Å². The molecule has 4 aromatic rings. The Balaban J connectivity index is 1.66. The number of carboxylic acid groups (broad SMARTS) is 1. The Kier molecular flexibility index (Phi) is 7.48. The van der Waals surface area contributed by atoms with Crippen LogP contribution in [0.1, 0.15) is 11.3 Å². The van der Waals surface area contributed by atoms with Crippen molar-refractivity contribution < 1.29 is 27.8 Å². The van der Waals surface area contributed by atoms with Crippen molar-refractivity contribution in [3.05, 3.63) is 84.2 Å². The summed E-state index contributed by atoms with van der Waals surface area (Å²) in [6.45, 7) is -0.546. The molecule has 4 rings (SSSR count). The summed E-state index contributed by atoms with van der Waals surface area (Å²) in [6, 6.07) is 17.2. The highest BCUT2D eigenvalue weighted by Gasteiger charge is 2.31. The van der Waals surface area contributed by atoms with Crippen LogP contribution >= 0.6 is 0 Å². The van der Waals surface area contributed by atoms with Gasteiger partial charge in [-0.2, -0.15) is 9.29 Å². The summed E-state index contributed by atoms with van der Waals surface area (Å²) in [5.74, 6) is 0. The van der Waals surface area contributed by atoms with Crippen LogP contribution < -0.4 is 11.1 Å². The van der Waals surface area contributed by atoms with Gasteiger partial charge < -0.3 is 25.7 Å². The van der Waals surface area contributed by atoms with Gasteiger partial charge >= 0.3 is 6.09 Å². The Bertz CT molecular complexity index is 1430. The molecule has 2 unspecified atom stereocenters. The van der Waals surface area contributed by atoms with Gasteiger partial charge in [-0.1, -0.05) is 36.4 Å². The number of nitrogens with two attached hydrogens (primary N) is 1. The van der Waals surface area contributed by atoms with Crippen molar-refractivity contribution in [3.63, 3.8) is 0 Å². The minimum atomic E-state index is -4.18. The Morgan fingerprint density at radius 2 is 1.86 bits per heavy atom. The first kappa shape index (κ1) is 25.1. The summed E-state index contributed by atoms with van der Waals surface area (Å²) in [7, 11) is -4.18. The van der Waals surface area contributed by atoms with Crippen LogP contribution in [-0.4, -0.2) is 57.7 Å². The SMILES string of the molecule is Nc1nc2ccc(S(=O)(=O)N(Cc3ccccn3)CC(O)C(Cc3ccccc3)NC(=O)O)cc2o1. The molecule has 1 amide bonds. The van der Waals surface area contributed by atoms with Crippen LogP contribution in [-0.2, 0) is 23.0 Å². The maximum Gasteiger partial charge on any atom is 0.404 e. The fourth-order valence-electron chi connectivity index (χ4n) is 3.80. The molecule has 5 N–H and O–H groups in total. The molecule has 188 valence electrons. The molecular formula is C24H25N5O6S. The van der Waals surface area contributed by atoms with Gasteiger partial charge in [0.05, 0.1) is 29.3 Å². The van der Waals surface area contributed by atoms with Gasteiger partial charge in [0.25, 0.3) is 6.01 Å². The molecule has 11 nitrogen and oxygen atoms in total. The monoisotopic (exact) mass is 511 g/mol. The quantitative estimate of drug-likeness (QED) is 0.249. The summed E-state index contributed by atoms with van der Waals surface area (Å²) in [6.07, 6.45) is -1.01. The van der Waals surface area contributed by atoms with E-state index in [1.165, 1.54) is 24.4 Å². The number of hydrogen-bond donors (Lipinski definition) is 4. The van der Waals surface area contributed by atoms with Crippen LogP contribution in [0.4, 0.5) is 10.8 Å². The Morgan fingerprint density at radius 3 is 2.56 bits per heavy atom. The molecule has 12 heteroatoms. The number of nitrogen functional groups attached to an aromatic ring is 1. The second-order valence-corrected chi connectivity index (χ2v) is 10.1. The third-order valence-corrected chi connectivity index (χ3v) is 7.35. The number of fused-ring (bicyclic) bond motifs is 1. The van der Waals surface area contributed by atoms with E-state index in [2.05, 4.69) is 15.3 Å². The molecule has 0 aliphatic rings. The zero-order valence-corrected chi connectivity index (χ0v) is 19.9. The largest absolute Gasteiger partial charge is 0.465 e. The van der Waals surface area contributed by atoms with Gasteiger partial charge in [-0.25, -0.2) is 13.2 Å². The number of aromatic nitrogens is 2. The van der Waals surface area contributed by atoms with Crippen molar-refractivity contribution >= 4 is 33.2 Å². The molecule has 0 bridgehead atoms. The lowest BCUT2D eigenvalue weighted by molar-refractivity contribution is 0.0987. The van der Waals surface area contributed by atoms with Crippen LogP contribution in [0, 0.1) is 0 Å². The molecule has 2 atom stereocenters. The Hall–Kier alpha value is -4.00. The van der Waals surface area contributed by atoms with E-state index in [1.54, 1.807) is 42.5 Å². The molecule has 2 aromatic heterocycles. The number of aliphatic hydroxyl groups excluding tert-OH is 1. The maximum atomic E-state index is 13.7. The van der Waals surface area contributed by atoms with Crippen LogP contribution in [0.2, 0.25) is 0 Å². The number of carbonyl (C=O) groups is 1. The molecule has 0 saturated heterocycles. The second kappa shape index (κ2) is 10.7. The van der Waals surface area contributed by atoms with Crippen LogP contribution in [0.3, 0.4) is 0 Å². The highest BCUT2D eigenvalue weighted by atomic mass is 32.2. The first-order valence-corrected chi connectivity index (χ1v) is 12.4. The molecule has 0 saturated carbocycles. The lowest BCUT2D eigenvalue weighted by Gasteiger charge is -2.29. The van der Waals surface area contributed by atoms with Crippen molar-refractivity contribution in [2.45, 2.75) is 30.0 Å². The number of amides is 1. The standard InChI is InChI=1S/C24H25N5O6S/c25-23-27-19-10-9-18(13-22(19)35-23)36(33,34)29(14-17-8-4-5-11-26-17)15-21(30)20(28-24(31)32)12-16-6-2-1-3-7-16/h1-11,13,20-21,28,30H,12,14-15H2,(H2,25,27)(H,31,32). The minimum Gasteiger partial charge on any atom is -0.465 e. The normalized spacial score (nSPS) is 13.5. The number of hydrogen-bond acceptors (Lipinski definition) is 8. The van der Waals surface area contributed by atoms with E-state index in [0.717, 1.165) is 9.87 Å². The summed E-state index contributed by atoms with van der Waals surface area (Å²) in [4.78, 5) is 19.5. The van der Waals surface area contributed by atoms with Crippen molar-refractivity contribution in [1.29, 1.82) is 0 Å².